The highest BCUT2D eigenvalue weighted by Crippen LogP contribution is 2.49. The van der Waals surface area contributed by atoms with Crippen molar-refractivity contribution in [3.8, 4) is 5.75 Å². The zero-order valence-corrected chi connectivity index (χ0v) is 20.1. The number of anilines is 1. The number of azo groups is 1. The van der Waals surface area contributed by atoms with Crippen molar-refractivity contribution in [1.29, 1.82) is 0 Å². The summed E-state index contributed by atoms with van der Waals surface area (Å²) in [7, 11) is -13.8. The minimum Gasteiger partial charge on any atom is -0.507 e. The molecule has 0 unspecified atom stereocenters. The van der Waals surface area contributed by atoms with Gasteiger partial charge in [0.1, 0.15) is 27.2 Å². The molecule has 8 N–H and O–H groups in total. The average molecular weight is 563 g/mol. The molecule has 0 saturated carbocycles. The first-order chi connectivity index (χ1) is 16.1. The summed E-state index contributed by atoms with van der Waals surface area (Å²) in [6.45, 7) is 0. The number of aromatic nitrogens is 1. The van der Waals surface area contributed by atoms with Gasteiger partial charge in [-0.25, -0.2) is 0 Å². The van der Waals surface area contributed by atoms with Gasteiger partial charge in [0.2, 0.25) is 0 Å². The third kappa shape index (κ3) is 4.78. The fourth-order valence-corrected chi connectivity index (χ4v) is 5.60. The number of hydrogen-bond acceptors (Lipinski definition) is 13. The van der Waals surface area contributed by atoms with E-state index < -0.39 is 62.9 Å². The Morgan fingerprint density at radius 1 is 0.857 bits per heavy atom. The molecule has 0 aliphatic heterocycles. The van der Waals surface area contributed by atoms with Gasteiger partial charge in [0.05, 0.1) is 21.0 Å². The summed E-state index contributed by atoms with van der Waals surface area (Å²) < 4.78 is 98.4. The molecule has 0 aliphatic rings. The minimum absolute atomic E-state index is 0.0000738. The van der Waals surface area contributed by atoms with E-state index in [1.807, 2.05) is 0 Å². The Labute approximate surface area is 202 Å². The lowest BCUT2D eigenvalue weighted by molar-refractivity contribution is 0.375. The maximum Gasteiger partial charge on any atom is 0.296 e. The Morgan fingerprint density at radius 3 is 2.14 bits per heavy atom. The van der Waals surface area contributed by atoms with Crippen molar-refractivity contribution >= 4 is 80.7 Å². The molecule has 0 bridgehead atoms. The standard InChI is InChI=1S/C17H14N4O10S4/c18-15-14-7(3-9(6-12(14)22)34(26,27)28)4-13(35(29,30)31)16(15)19-20-17-10-5-8(33(23,24)25)1-2-11(10)21-32-17/h1-6,22,26-28H,18H2,(H,23,24,25)(H,29,30,31). The number of nitrogens with two attached hydrogens (primary N) is 1. The number of benzene rings is 3. The maximum atomic E-state index is 12.0. The average Bonchev–Trinajstić information content (AvgIpc) is 3.12. The number of hydrogen-bond donors (Lipinski definition) is 7. The number of nitrogen functional groups attached to an aromatic ring is 1. The highest BCUT2D eigenvalue weighted by Gasteiger charge is 2.25. The van der Waals surface area contributed by atoms with E-state index >= 15 is 0 Å². The van der Waals surface area contributed by atoms with Gasteiger partial charge in [0, 0.05) is 10.8 Å². The Kier molecular flexibility index (Phi) is 5.99. The van der Waals surface area contributed by atoms with Crippen LogP contribution in [0.25, 0.3) is 21.7 Å². The zero-order valence-electron chi connectivity index (χ0n) is 16.8. The molecule has 4 aromatic rings. The number of rotatable bonds is 5. The monoisotopic (exact) mass is 562 g/mol. The molecule has 1 aromatic heterocycles. The van der Waals surface area contributed by atoms with E-state index in [1.165, 1.54) is 6.07 Å². The van der Waals surface area contributed by atoms with Crippen LogP contribution in [0.2, 0.25) is 0 Å². The van der Waals surface area contributed by atoms with E-state index in [0.29, 0.717) is 5.52 Å². The molecule has 0 spiro atoms. The van der Waals surface area contributed by atoms with Crippen LogP contribution in [0.3, 0.4) is 0 Å². The maximum absolute atomic E-state index is 12.0. The number of nitrogens with zero attached hydrogens (tertiary/aromatic N) is 3. The van der Waals surface area contributed by atoms with Gasteiger partial charge >= 0.3 is 0 Å². The van der Waals surface area contributed by atoms with Crippen LogP contribution in [0.5, 0.6) is 5.75 Å². The first-order valence-electron chi connectivity index (χ1n) is 8.93. The first-order valence-corrected chi connectivity index (χ1v) is 14.1. The number of phenolic OH excluding ortho intramolecular Hbond substituents is 1. The van der Waals surface area contributed by atoms with Gasteiger partial charge in [-0.15, -0.1) is 10.2 Å². The largest absolute Gasteiger partial charge is 0.507 e. The van der Waals surface area contributed by atoms with Crippen molar-refractivity contribution in [3.63, 3.8) is 0 Å². The summed E-state index contributed by atoms with van der Waals surface area (Å²) in [5, 5.41) is 17.8. The predicted octanol–water partition coefficient (Wildman–Crippen LogP) is 4.23. The predicted molar refractivity (Wildman–Crippen MR) is 127 cm³/mol. The molecule has 0 atom stereocenters. The third-order valence-electron chi connectivity index (χ3n) is 4.73. The summed E-state index contributed by atoms with van der Waals surface area (Å²) in [6, 6.07) is 6.08. The van der Waals surface area contributed by atoms with Crippen molar-refractivity contribution in [2.45, 2.75) is 14.7 Å². The highest BCUT2D eigenvalue weighted by atomic mass is 32.3. The van der Waals surface area contributed by atoms with Gasteiger partial charge in [0.15, 0.2) is 5.00 Å². The van der Waals surface area contributed by atoms with Crippen LogP contribution < -0.4 is 5.73 Å². The quantitative estimate of drug-likeness (QED) is 0.102. The van der Waals surface area contributed by atoms with Crippen molar-refractivity contribution in [1.82, 2.24) is 4.37 Å². The molecular formula is C17H14N4O10S4. The normalized spacial score (nSPS) is 13.7. The molecular weight excluding hydrogens is 548 g/mol. The van der Waals surface area contributed by atoms with Crippen LogP contribution in [-0.2, 0) is 20.2 Å². The Morgan fingerprint density at radius 2 is 1.54 bits per heavy atom. The molecule has 3 aromatic carbocycles. The lowest BCUT2D eigenvalue weighted by atomic mass is 10.1. The lowest BCUT2D eigenvalue weighted by Crippen LogP contribution is -2.02. The summed E-state index contributed by atoms with van der Waals surface area (Å²) in [6.07, 6.45) is 0. The van der Waals surface area contributed by atoms with Crippen molar-refractivity contribution in [3.05, 3.63) is 36.4 Å². The molecule has 14 nitrogen and oxygen atoms in total. The van der Waals surface area contributed by atoms with Gasteiger partial charge in [-0.2, -0.15) is 21.2 Å². The number of aromatic hydroxyl groups is 1. The Balaban J connectivity index is 1.96. The molecule has 18 heteroatoms. The van der Waals surface area contributed by atoms with Gasteiger partial charge < -0.3 is 24.5 Å². The topological polar surface area (TPSA) is 253 Å². The summed E-state index contributed by atoms with van der Waals surface area (Å²) >= 11 is 0.762. The molecule has 0 amide bonds. The first kappa shape index (κ1) is 25.2. The van der Waals surface area contributed by atoms with E-state index in [-0.39, 0.29) is 21.2 Å². The van der Waals surface area contributed by atoms with Gasteiger partial charge in [-0.05, 0) is 53.3 Å². The van der Waals surface area contributed by atoms with Crippen LogP contribution >= 0.6 is 22.4 Å². The van der Waals surface area contributed by atoms with Crippen molar-refractivity contribution in [2.24, 2.45) is 10.2 Å². The molecule has 0 saturated heterocycles. The molecule has 0 aliphatic carbocycles. The third-order valence-corrected chi connectivity index (χ3v) is 8.08. The van der Waals surface area contributed by atoms with E-state index in [4.69, 9.17) is 5.73 Å². The molecule has 1 heterocycles. The Bertz CT molecular complexity index is 1760. The Hall–Kier alpha value is -2.94. The molecule has 186 valence electrons. The van der Waals surface area contributed by atoms with Crippen LogP contribution in [0.15, 0.2) is 61.3 Å². The van der Waals surface area contributed by atoms with E-state index in [2.05, 4.69) is 14.6 Å². The lowest BCUT2D eigenvalue weighted by Gasteiger charge is -2.20. The fraction of sp³-hybridized carbons (Fsp3) is 0. The van der Waals surface area contributed by atoms with Crippen LogP contribution in [-0.4, -0.2) is 49.1 Å². The van der Waals surface area contributed by atoms with Crippen molar-refractivity contribution < 1.29 is 44.7 Å². The molecule has 0 radical (unpaired) electrons. The summed E-state index contributed by atoms with van der Waals surface area (Å²) in [5.41, 5.74) is 5.25. The van der Waals surface area contributed by atoms with Gasteiger partial charge in [0.25, 0.3) is 20.2 Å². The zero-order chi connectivity index (χ0) is 25.9. The van der Waals surface area contributed by atoms with E-state index in [1.54, 1.807) is 0 Å². The number of phenols is 1. The summed E-state index contributed by atoms with van der Waals surface area (Å²) in [5.74, 6) is -0.664. The minimum atomic E-state index is -4.99. The van der Waals surface area contributed by atoms with Crippen LogP contribution in [0.4, 0.5) is 16.4 Å². The smallest absolute Gasteiger partial charge is 0.296 e. The molecule has 0 fully saturated rings. The van der Waals surface area contributed by atoms with E-state index in [0.717, 1.165) is 41.9 Å². The fourth-order valence-electron chi connectivity index (χ4n) is 3.18. The second-order valence-electron chi connectivity index (χ2n) is 7.01. The number of fused-ring (bicyclic) bond motifs is 2. The second-order valence-corrected chi connectivity index (χ2v) is 12.1. The second kappa shape index (κ2) is 8.33. The summed E-state index contributed by atoms with van der Waals surface area (Å²) in [4.78, 5) is -1.84. The van der Waals surface area contributed by atoms with Gasteiger partial charge in [-0.1, -0.05) is 0 Å². The van der Waals surface area contributed by atoms with Gasteiger partial charge in [-0.3, -0.25) is 9.11 Å². The van der Waals surface area contributed by atoms with Crippen LogP contribution in [0, 0.1) is 0 Å². The SMILES string of the molecule is Nc1c(N=Nc2snc3ccc(S(=O)(=O)O)cc23)c(S(=O)(=O)O)cc2cc(S(O)(O)O)cc(O)c12. The molecule has 35 heavy (non-hydrogen) atoms. The van der Waals surface area contributed by atoms with Crippen LogP contribution in [0.1, 0.15) is 0 Å². The van der Waals surface area contributed by atoms with Crippen molar-refractivity contribution in [2.75, 3.05) is 5.73 Å². The van der Waals surface area contributed by atoms with E-state index in [9.17, 15) is 44.7 Å². The molecule has 4 rings (SSSR count). The highest BCUT2D eigenvalue weighted by molar-refractivity contribution is 8.19.